The molecule has 4 nitrogen and oxygen atoms in total. The maximum Gasteiger partial charge on any atom is 0.225 e. The molecule has 0 aliphatic carbocycles. The van der Waals surface area contributed by atoms with Crippen molar-refractivity contribution in [3.05, 3.63) is 66.4 Å². The SMILES string of the molecule is COc1ccc(C(C)CC(=O)Nc2cnc3ccccc3c2)cc1. The molecule has 3 rings (SSSR count). The Bertz CT molecular complexity index is 844. The van der Waals surface area contributed by atoms with Crippen LogP contribution in [0.25, 0.3) is 10.9 Å². The number of aromatic nitrogens is 1. The number of carbonyl (C=O) groups excluding carboxylic acids is 1. The summed E-state index contributed by atoms with van der Waals surface area (Å²) in [5, 5.41) is 3.94. The molecular formula is C20H20N2O2. The summed E-state index contributed by atoms with van der Waals surface area (Å²) < 4.78 is 5.16. The number of hydrogen-bond donors (Lipinski definition) is 1. The van der Waals surface area contributed by atoms with Crippen molar-refractivity contribution < 1.29 is 9.53 Å². The Kier molecular flexibility index (Phi) is 4.75. The van der Waals surface area contributed by atoms with Crippen molar-refractivity contribution in [1.82, 2.24) is 4.98 Å². The number of para-hydroxylation sites is 1. The van der Waals surface area contributed by atoms with E-state index in [9.17, 15) is 4.79 Å². The van der Waals surface area contributed by atoms with E-state index >= 15 is 0 Å². The quantitative estimate of drug-likeness (QED) is 0.759. The van der Waals surface area contributed by atoms with Gasteiger partial charge in [0.2, 0.25) is 5.91 Å². The minimum atomic E-state index is -0.0181. The van der Waals surface area contributed by atoms with Crippen LogP contribution in [0.4, 0.5) is 5.69 Å². The lowest BCUT2D eigenvalue weighted by Crippen LogP contribution is -2.14. The van der Waals surface area contributed by atoms with Gasteiger partial charge in [0.05, 0.1) is 24.5 Å². The van der Waals surface area contributed by atoms with Crippen molar-refractivity contribution in [3.8, 4) is 5.75 Å². The normalized spacial score (nSPS) is 11.9. The molecule has 1 heterocycles. The highest BCUT2D eigenvalue weighted by Crippen LogP contribution is 2.23. The zero-order chi connectivity index (χ0) is 16.9. The van der Waals surface area contributed by atoms with Crippen LogP contribution in [0.2, 0.25) is 0 Å². The summed E-state index contributed by atoms with van der Waals surface area (Å²) in [6, 6.07) is 17.6. The lowest BCUT2D eigenvalue weighted by Gasteiger charge is -2.13. The van der Waals surface area contributed by atoms with Gasteiger partial charge < -0.3 is 10.1 Å². The van der Waals surface area contributed by atoms with Crippen LogP contribution in [0, 0.1) is 0 Å². The van der Waals surface area contributed by atoms with E-state index in [1.54, 1.807) is 13.3 Å². The third-order valence-corrected chi connectivity index (χ3v) is 4.05. The van der Waals surface area contributed by atoms with Crippen molar-refractivity contribution in [3.63, 3.8) is 0 Å². The highest BCUT2D eigenvalue weighted by Gasteiger charge is 2.12. The van der Waals surface area contributed by atoms with Crippen LogP contribution in [0.15, 0.2) is 60.8 Å². The molecule has 0 spiro atoms. The number of ether oxygens (including phenoxy) is 1. The molecule has 1 atom stereocenters. The predicted octanol–water partition coefficient (Wildman–Crippen LogP) is 4.38. The number of methoxy groups -OCH3 is 1. The molecule has 1 N–H and O–H groups in total. The average Bonchev–Trinajstić information content (AvgIpc) is 2.61. The molecule has 0 aliphatic rings. The van der Waals surface area contributed by atoms with Crippen LogP contribution < -0.4 is 10.1 Å². The van der Waals surface area contributed by atoms with Gasteiger partial charge in [-0.2, -0.15) is 0 Å². The number of benzene rings is 2. The van der Waals surface area contributed by atoms with E-state index in [1.165, 1.54) is 0 Å². The van der Waals surface area contributed by atoms with E-state index < -0.39 is 0 Å². The Morgan fingerprint density at radius 1 is 1.17 bits per heavy atom. The first-order valence-corrected chi connectivity index (χ1v) is 7.94. The number of pyridine rings is 1. The second-order valence-electron chi connectivity index (χ2n) is 5.84. The third-order valence-electron chi connectivity index (χ3n) is 4.05. The number of anilines is 1. The molecular weight excluding hydrogens is 300 g/mol. The highest BCUT2D eigenvalue weighted by atomic mass is 16.5. The second-order valence-corrected chi connectivity index (χ2v) is 5.84. The van der Waals surface area contributed by atoms with Gasteiger partial charge in [-0.15, -0.1) is 0 Å². The molecule has 0 fully saturated rings. The first-order valence-electron chi connectivity index (χ1n) is 7.94. The summed E-state index contributed by atoms with van der Waals surface area (Å²) in [5.41, 5.74) is 2.75. The summed E-state index contributed by atoms with van der Waals surface area (Å²) in [5.74, 6) is 0.928. The highest BCUT2D eigenvalue weighted by molar-refractivity contribution is 5.93. The van der Waals surface area contributed by atoms with E-state index in [-0.39, 0.29) is 11.8 Å². The fourth-order valence-corrected chi connectivity index (χ4v) is 2.68. The minimum absolute atomic E-state index is 0.0181. The van der Waals surface area contributed by atoms with Gasteiger partial charge in [0.1, 0.15) is 5.75 Å². The molecule has 1 unspecified atom stereocenters. The number of nitrogens with one attached hydrogen (secondary N) is 1. The molecule has 0 aliphatic heterocycles. The van der Waals surface area contributed by atoms with E-state index in [0.29, 0.717) is 6.42 Å². The maximum absolute atomic E-state index is 12.3. The zero-order valence-electron chi connectivity index (χ0n) is 13.8. The fraction of sp³-hybridized carbons (Fsp3) is 0.200. The summed E-state index contributed by atoms with van der Waals surface area (Å²) in [7, 11) is 1.64. The van der Waals surface area contributed by atoms with Gasteiger partial charge in [-0.3, -0.25) is 9.78 Å². The van der Waals surface area contributed by atoms with Crippen molar-refractivity contribution >= 4 is 22.5 Å². The van der Waals surface area contributed by atoms with E-state index in [1.807, 2.05) is 61.5 Å². The summed E-state index contributed by atoms with van der Waals surface area (Å²) >= 11 is 0. The van der Waals surface area contributed by atoms with Crippen molar-refractivity contribution in [2.45, 2.75) is 19.3 Å². The molecule has 2 aromatic carbocycles. The van der Waals surface area contributed by atoms with Crippen LogP contribution in [0.3, 0.4) is 0 Å². The van der Waals surface area contributed by atoms with Gasteiger partial charge in [0, 0.05) is 11.8 Å². The number of rotatable bonds is 5. The minimum Gasteiger partial charge on any atom is -0.497 e. The van der Waals surface area contributed by atoms with Crippen molar-refractivity contribution in [2.24, 2.45) is 0 Å². The van der Waals surface area contributed by atoms with Crippen LogP contribution in [-0.4, -0.2) is 18.0 Å². The average molecular weight is 320 g/mol. The van der Waals surface area contributed by atoms with Crippen molar-refractivity contribution in [1.29, 1.82) is 0 Å². The van der Waals surface area contributed by atoms with Crippen molar-refractivity contribution in [2.75, 3.05) is 12.4 Å². The topological polar surface area (TPSA) is 51.2 Å². The first-order chi connectivity index (χ1) is 11.7. The number of hydrogen-bond acceptors (Lipinski definition) is 3. The molecule has 0 bridgehead atoms. The van der Waals surface area contributed by atoms with Gasteiger partial charge >= 0.3 is 0 Å². The Morgan fingerprint density at radius 2 is 1.92 bits per heavy atom. The standard InChI is InChI=1S/C20H20N2O2/c1-14(15-7-9-18(24-2)10-8-15)11-20(23)22-17-12-16-5-3-4-6-19(16)21-13-17/h3-10,12-14H,11H2,1-2H3,(H,22,23). The van der Waals surface area contributed by atoms with E-state index in [2.05, 4.69) is 10.3 Å². The zero-order valence-corrected chi connectivity index (χ0v) is 13.8. The Hall–Kier alpha value is -2.88. The predicted molar refractivity (Wildman–Crippen MR) is 96.4 cm³/mol. The number of fused-ring (bicyclic) bond motifs is 1. The number of nitrogens with zero attached hydrogens (tertiary/aromatic N) is 1. The molecule has 0 saturated heterocycles. The second kappa shape index (κ2) is 7.13. The van der Waals surface area contributed by atoms with Gasteiger partial charge in [-0.05, 0) is 35.7 Å². The summed E-state index contributed by atoms with van der Waals surface area (Å²) in [6.45, 7) is 2.04. The molecule has 1 aromatic heterocycles. The summed E-state index contributed by atoms with van der Waals surface area (Å²) in [6.07, 6.45) is 2.11. The first kappa shape index (κ1) is 16.0. The Labute approximate surface area is 141 Å². The van der Waals surface area contributed by atoms with E-state index in [4.69, 9.17) is 4.74 Å². The molecule has 1 amide bonds. The Morgan fingerprint density at radius 3 is 2.67 bits per heavy atom. The fourth-order valence-electron chi connectivity index (χ4n) is 2.68. The molecule has 3 aromatic rings. The molecule has 0 radical (unpaired) electrons. The molecule has 0 saturated carbocycles. The molecule has 24 heavy (non-hydrogen) atoms. The molecule has 4 heteroatoms. The van der Waals surface area contributed by atoms with Crippen LogP contribution >= 0.6 is 0 Å². The van der Waals surface area contributed by atoms with Gasteiger partial charge in [-0.1, -0.05) is 37.3 Å². The monoisotopic (exact) mass is 320 g/mol. The van der Waals surface area contributed by atoms with Gasteiger partial charge in [0.25, 0.3) is 0 Å². The van der Waals surface area contributed by atoms with Crippen LogP contribution in [-0.2, 0) is 4.79 Å². The lowest BCUT2D eigenvalue weighted by atomic mass is 9.97. The van der Waals surface area contributed by atoms with Crippen LogP contribution in [0.1, 0.15) is 24.8 Å². The van der Waals surface area contributed by atoms with Crippen LogP contribution in [0.5, 0.6) is 5.75 Å². The number of carbonyl (C=O) groups is 1. The van der Waals surface area contributed by atoms with Gasteiger partial charge in [0.15, 0.2) is 0 Å². The molecule has 122 valence electrons. The van der Waals surface area contributed by atoms with Gasteiger partial charge in [-0.25, -0.2) is 0 Å². The number of amides is 1. The smallest absolute Gasteiger partial charge is 0.225 e. The summed E-state index contributed by atoms with van der Waals surface area (Å²) in [4.78, 5) is 16.7. The Balaban J connectivity index is 1.65. The largest absolute Gasteiger partial charge is 0.497 e. The van der Waals surface area contributed by atoms with E-state index in [0.717, 1.165) is 27.9 Å². The maximum atomic E-state index is 12.3. The third kappa shape index (κ3) is 3.71. The lowest BCUT2D eigenvalue weighted by molar-refractivity contribution is -0.116.